The molecule has 0 aliphatic carbocycles. The Morgan fingerprint density at radius 2 is 1.75 bits per heavy atom. The van der Waals surface area contributed by atoms with Crippen LogP contribution in [0.2, 0.25) is 0 Å². The third-order valence-corrected chi connectivity index (χ3v) is 4.31. The van der Waals surface area contributed by atoms with Crippen molar-refractivity contribution in [2.45, 2.75) is 19.1 Å². The van der Waals surface area contributed by atoms with Crippen molar-refractivity contribution >= 4 is 22.8 Å². The fourth-order valence-corrected chi connectivity index (χ4v) is 2.85. The summed E-state index contributed by atoms with van der Waals surface area (Å²) in [6.07, 6.45) is 0.252. The van der Waals surface area contributed by atoms with E-state index in [0.717, 1.165) is 0 Å². The van der Waals surface area contributed by atoms with Gasteiger partial charge < -0.3 is 9.64 Å². The molecular weight excluding hydrogens is 358 g/mol. The molecule has 0 saturated heterocycles. The number of para-hydroxylation sites is 1. The van der Waals surface area contributed by atoms with Crippen molar-refractivity contribution in [2.24, 2.45) is 0 Å². The highest BCUT2D eigenvalue weighted by Gasteiger charge is 2.26. The van der Waals surface area contributed by atoms with Crippen molar-refractivity contribution in [1.82, 2.24) is 14.7 Å². The standard InChI is InChI=1S/C21H21N3O4/c1-23(2)21(27)20(15-8-4-3-5-9-15)28-19(26)12-13-24-17-11-7-6-10-16(17)18(25)14-22-24/h3-11,14,20H,12-13H2,1-2H3/t20-/m1/s1. The second-order valence-corrected chi connectivity index (χ2v) is 6.51. The summed E-state index contributed by atoms with van der Waals surface area (Å²) < 4.78 is 7.07. The fourth-order valence-electron chi connectivity index (χ4n) is 2.85. The van der Waals surface area contributed by atoms with E-state index in [-0.39, 0.29) is 24.3 Å². The number of ether oxygens (including phenoxy) is 1. The van der Waals surface area contributed by atoms with Gasteiger partial charge in [0.1, 0.15) is 0 Å². The monoisotopic (exact) mass is 379 g/mol. The van der Waals surface area contributed by atoms with Crippen molar-refractivity contribution in [3.8, 4) is 0 Å². The molecule has 1 heterocycles. The second kappa shape index (κ2) is 8.47. The zero-order valence-corrected chi connectivity index (χ0v) is 15.7. The molecule has 28 heavy (non-hydrogen) atoms. The zero-order chi connectivity index (χ0) is 20.1. The number of hydrogen-bond acceptors (Lipinski definition) is 5. The smallest absolute Gasteiger partial charge is 0.308 e. The summed E-state index contributed by atoms with van der Waals surface area (Å²) in [6, 6.07) is 16.0. The minimum Gasteiger partial charge on any atom is -0.447 e. The van der Waals surface area contributed by atoms with E-state index in [9.17, 15) is 14.4 Å². The number of nitrogens with zero attached hydrogens (tertiary/aromatic N) is 3. The molecule has 1 amide bonds. The molecule has 0 saturated carbocycles. The van der Waals surface area contributed by atoms with Crippen molar-refractivity contribution in [2.75, 3.05) is 14.1 Å². The lowest BCUT2D eigenvalue weighted by Crippen LogP contribution is -2.31. The molecule has 3 aromatic rings. The summed E-state index contributed by atoms with van der Waals surface area (Å²) in [4.78, 5) is 38.2. The Morgan fingerprint density at radius 1 is 1.07 bits per heavy atom. The average Bonchev–Trinajstić information content (AvgIpc) is 2.72. The Labute approximate surface area is 162 Å². The first-order chi connectivity index (χ1) is 13.5. The second-order valence-electron chi connectivity index (χ2n) is 6.51. The molecule has 0 fully saturated rings. The van der Waals surface area contributed by atoms with Crippen molar-refractivity contribution in [3.63, 3.8) is 0 Å². The van der Waals surface area contributed by atoms with E-state index in [0.29, 0.717) is 16.5 Å². The number of amides is 1. The number of carbonyl (C=O) groups is 2. The van der Waals surface area contributed by atoms with Gasteiger partial charge in [-0.15, -0.1) is 0 Å². The number of fused-ring (bicyclic) bond motifs is 1. The lowest BCUT2D eigenvalue weighted by molar-refractivity contribution is -0.160. The van der Waals surface area contributed by atoms with Crippen LogP contribution in [-0.2, 0) is 20.9 Å². The molecule has 1 aromatic heterocycles. The molecular formula is C21H21N3O4. The molecule has 0 spiro atoms. The number of esters is 1. The topological polar surface area (TPSA) is 81.5 Å². The molecule has 0 bridgehead atoms. The van der Waals surface area contributed by atoms with Crippen molar-refractivity contribution in [3.05, 3.63) is 76.6 Å². The van der Waals surface area contributed by atoms with Gasteiger partial charge in [-0.2, -0.15) is 5.10 Å². The van der Waals surface area contributed by atoms with Gasteiger partial charge >= 0.3 is 5.97 Å². The van der Waals surface area contributed by atoms with Crippen LogP contribution in [0.15, 0.2) is 65.6 Å². The Kier molecular flexibility index (Phi) is 5.84. The van der Waals surface area contributed by atoms with Gasteiger partial charge in [-0.05, 0) is 12.1 Å². The highest BCUT2D eigenvalue weighted by Crippen LogP contribution is 2.20. The first kappa shape index (κ1) is 19.3. The van der Waals surface area contributed by atoms with Crippen molar-refractivity contribution in [1.29, 1.82) is 0 Å². The number of aryl methyl sites for hydroxylation is 1. The lowest BCUT2D eigenvalue weighted by atomic mass is 10.1. The van der Waals surface area contributed by atoms with Crippen LogP contribution in [0.25, 0.3) is 10.9 Å². The summed E-state index contributed by atoms with van der Waals surface area (Å²) in [5, 5.41) is 4.64. The Balaban J connectivity index is 1.75. The van der Waals surface area contributed by atoms with Gasteiger partial charge in [0, 0.05) is 25.0 Å². The molecule has 144 valence electrons. The van der Waals surface area contributed by atoms with Gasteiger partial charge in [-0.3, -0.25) is 19.1 Å². The Morgan fingerprint density at radius 3 is 2.46 bits per heavy atom. The minimum absolute atomic E-state index is 0.0178. The van der Waals surface area contributed by atoms with E-state index < -0.39 is 12.1 Å². The van der Waals surface area contributed by atoms with E-state index in [1.807, 2.05) is 6.07 Å². The Hall–Kier alpha value is -3.48. The number of hydrogen-bond donors (Lipinski definition) is 0. The predicted molar refractivity (Wildman–Crippen MR) is 105 cm³/mol. The van der Waals surface area contributed by atoms with E-state index >= 15 is 0 Å². The molecule has 1 atom stereocenters. The summed E-state index contributed by atoms with van der Waals surface area (Å²) >= 11 is 0. The van der Waals surface area contributed by atoms with E-state index in [4.69, 9.17) is 4.74 Å². The lowest BCUT2D eigenvalue weighted by Gasteiger charge is -2.21. The minimum atomic E-state index is -0.998. The molecule has 7 nitrogen and oxygen atoms in total. The summed E-state index contributed by atoms with van der Waals surface area (Å²) in [5.41, 5.74) is 1.09. The van der Waals surface area contributed by atoms with Gasteiger partial charge in [0.05, 0.1) is 24.7 Å². The van der Waals surface area contributed by atoms with E-state index in [1.165, 1.54) is 11.1 Å². The molecule has 0 aliphatic rings. The SMILES string of the molecule is CN(C)C(=O)[C@H](OC(=O)CCn1ncc(=O)c2ccccc21)c1ccccc1. The highest BCUT2D eigenvalue weighted by atomic mass is 16.5. The quantitative estimate of drug-likeness (QED) is 0.613. The maximum atomic E-state index is 12.5. The van der Waals surface area contributed by atoms with Crippen LogP contribution >= 0.6 is 0 Å². The number of rotatable bonds is 6. The number of likely N-dealkylation sites (N-methyl/N-ethyl adjacent to an activating group) is 1. The maximum Gasteiger partial charge on any atom is 0.308 e. The number of aromatic nitrogens is 2. The van der Waals surface area contributed by atoms with Crippen LogP contribution < -0.4 is 5.43 Å². The molecule has 0 radical (unpaired) electrons. The number of carbonyl (C=O) groups excluding carboxylic acids is 2. The average molecular weight is 379 g/mol. The van der Waals surface area contributed by atoms with Crippen LogP contribution in [0, 0.1) is 0 Å². The molecule has 2 aromatic carbocycles. The normalized spacial score (nSPS) is 11.8. The summed E-state index contributed by atoms with van der Waals surface area (Å²) in [5.74, 6) is -0.833. The molecule has 0 N–H and O–H groups in total. The third kappa shape index (κ3) is 4.25. The molecule has 0 unspecified atom stereocenters. The largest absolute Gasteiger partial charge is 0.447 e. The highest BCUT2D eigenvalue weighted by molar-refractivity contribution is 5.84. The zero-order valence-electron chi connectivity index (χ0n) is 15.7. The van der Waals surface area contributed by atoms with Crippen molar-refractivity contribution < 1.29 is 14.3 Å². The van der Waals surface area contributed by atoms with Gasteiger partial charge in [0.15, 0.2) is 0 Å². The predicted octanol–water partition coefficient (Wildman–Crippen LogP) is 2.16. The summed E-state index contributed by atoms with van der Waals surface area (Å²) in [6.45, 7) is 0.233. The summed E-state index contributed by atoms with van der Waals surface area (Å²) in [7, 11) is 3.23. The van der Waals surface area contributed by atoms with Crippen LogP contribution in [0.5, 0.6) is 0 Å². The van der Waals surface area contributed by atoms with Gasteiger partial charge in [0.2, 0.25) is 11.5 Å². The Bertz CT molecular complexity index is 1040. The fraction of sp³-hybridized carbons (Fsp3) is 0.238. The van der Waals surface area contributed by atoms with Crippen LogP contribution in [0.3, 0.4) is 0 Å². The van der Waals surface area contributed by atoms with Gasteiger partial charge in [-0.25, -0.2) is 0 Å². The van der Waals surface area contributed by atoms with Crippen LogP contribution in [0.4, 0.5) is 0 Å². The molecule has 3 rings (SSSR count). The van der Waals surface area contributed by atoms with E-state index in [1.54, 1.807) is 67.3 Å². The maximum absolute atomic E-state index is 12.5. The number of benzene rings is 2. The van der Waals surface area contributed by atoms with E-state index in [2.05, 4.69) is 5.10 Å². The van der Waals surface area contributed by atoms with Crippen LogP contribution in [-0.4, -0.2) is 40.7 Å². The first-order valence-electron chi connectivity index (χ1n) is 8.88. The third-order valence-electron chi connectivity index (χ3n) is 4.31. The first-order valence-corrected chi connectivity index (χ1v) is 8.88. The van der Waals surface area contributed by atoms with Crippen LogP contribution in [0.1, 0.15) is 18.1 Å². The molecule has 0 aliphatic heterocycles. The van der Waals surface area contributed by atoms with Gasteiger partial charge in [-0.1, -0.05) is 42.5 Å². The van der Waals surface area contributed by atoms with Gasteiger partial charge in [0.25, 0.3) is 5.91 Å². The molecule has 7 heteroatoms.